The molecule has 0 spiro atoms. The fourth-order valence-corrected chi connectivity index (χ4v) is 4.34. The molecule has 0 fully saturated rings. The van der Waals surface area contributed by atoms with Gasteiger partial charge in [0.2, 0.25) is 0 Å². The van der Waals surface area contributed by atoms with Crippen LogP contribution in [0.4, 0.5) is 0 Å². The smallest absolute Gasteiger partial charge is 0.335 e. The first-order valence-electron chi connectivity index (χ1n) is 13.5. The molecule has 0 unspecified atom stereocenters. The summed E-state index contributed by atoms with van der Waals surface area (Å²) in [6.45, 7) is 3.13. The number of ether oxygens (including phenoxy) is 5. The quantitative estimate of drug-likeness (QED) is 0.127. The molecule has 208 valence electrons. The third-order valence-corrected chi connectivity index (χ3v) is 6.48. The summed E-state index contributed by atoms with van der Waals surface area (Å²) in [5.41, 5.74) is 5.19. The Balaban J connectivity index is 1.38. The first kappa shape index (κ1) is 28.7. The SMILES string of the molecule is CCOC(=O)[C@H](Cc1ccc(OCCCOc2ccc(-c3ccccc3)cc2)c(-c2ccc(OC)cc2)c1)OC. The highest BCUT2D eigenvalue weighted by atomic mass is 16.6. The monoisotopic (exact) mass is 540 g/mol. The standard InChI is InChI=1S/C34H36O6/c1-4-38-34(35)33(37-3)24-25-11-20-32(31(23-25)28-14-16-29(36-2)17-15-28)40-22-8-21-39-30-18-12-27(13-19-30)26-9-6-5-7-10-26/h5-7,9-20,23,33H,4,8,21-22,24H2,1-3H3/t33-/m0/s1. The summed E-state index contributed by atoms with van der Waals surface area (Å²) < 4.78 is 28.0. The maximum atomic E-state index is 12.3. The van der Waals surface area contributed by atoms with Gasteiger partial charge in [0, 0.05) is 25.5 Å². The molecule has 1 atom stereocenters. The van der Waals surface area contributed by atoms with E-state index in [0.717, 1.165) is 45.9 Å². The van der Waals surface area contributed by atoms with Gasteiger partial charge in [-0.3, -0.25) is 0 Å². The Bertz CT molecular complexity index is 1330. The number of carbonyl (C=O) groups is 1. The van der Waals surface area contributed by atoms with E-state index in [2.05, 4.69) is 24.3 Å². The summed E-state index contributed by atoms with van der Waals surface area (Å²) in [5, 5.41) is 0. The molecule has 0 aliphatic rings. The van der Waals surface area contributed by atoms with Crippen LogP contribution in [0.15, 0.2) is 97.1 Å². The van der Waals surface area contributed by atoms with Gasteiger partial charge in [0.05, 0.1) is 26.9 Å². The summed E-state index contributed by atoms with van der Waals surface area (Å²) in [6, 6.07) is 32.1. The molecule has 0 saturated heterocycles. The van der Waals surface area contributed by atoms with E-state index in [1.54, 1.807) is 14.0 Å². The molecule has 6 heteroatoms. The molecule has 0 radical (unpaired) electrons. The van der Waals surface area contributed by atoms with Crippen molar-refractivity contribution >= 4 is 5.97 Å². The zero-order chi connectivity index (χ0) is 28.2. The number of rotatable bonds is 14. The lowest BCUT2D eigenvalue weighted by Gasteiger charge is -2.17. The van der Waals surface area contributed by atoms with E-state index < -0.39 is 6.10 Å². The van der Waals surface area contributed by atoms with E-state index in [9.17, 15) is 4.79 Å². The maximum absolute atomic E-state index is 12.3. The first-order valence-corrected chi connectivity index (χ1v) is 13.5. The zero-order valence-corrected chi connectivity index (χ0v) is 23.3. The lowest BCUT2D eigenvalue weighted by molar-refractivity contribution is -0.154. The van der Waals surface area contributed by atoms with Gasteiger partial charge in [-0.15, -0.1) is 0 Å². The summed E-state index contributed by atoms with van der Waals surface area (Å²) >= 11 is 0. The van der Waals surface area contributed by atoms with Crippen molar-refractivity contribution in [3.05, 3.63) is 103 Å². The molecule has 0 aliphatic carbocycles. The van der Waals surface area contributed by atoms with Gasteiger partial charge in [-0.2, -0.15) is 0 Å². The Kier molecular flexibility index (Phi) is 10.6. The summed E-state index contributed by atoms with van der Waals surface area (Å²) in [7, 11) is 3.16. The van der Waals surface area contributed by atoms with Gasteiger partial charge in [0.25, 0.3) is 0 Å². The van der Waals surface area contributed by atoms with E-state index in [4.69, 9.17) is 23.7 Å². The maximum Gasteiger partial charge on any atom is 0.335 e. The fourth-order valence-electron chi connectivity index (χ4n) is 4.34. The molecule has 0 amide bonds. The van der Waals surface area contributed by atoms with Crippen LogP contribution in [0.3, 0.4) is 0 Å². The number of hydrogen-bond donors (Lipinski definition) is 0. The summed E-state index contributed by atoms with van der Waals surface area (Å²) in [5.74, 6) is 1.99. The third-order valence-electron chi connectivity index (χ3n) is 6.48. The molecule has 4 aromatic carbocycles. The number of benzene rings is 4. The highest BCUT2D eigenvalue weighted by molar-refractivity contribution is 5.76. The number of methoxy groups -OCH3 is 2. The van der Waals surface area contributed by atoms with Crippen LogP contribution in [0.2, 0.25) is 0 Å². The minimum Gasteiger partial charge on any atom is -0.497 e. The highest BCUT2D eigenvalue weighted by Crippen LogP contribution is 2.33. The van der Waals surface area contributed by atoms with Crippen molar-refractivity contribution in [3.63, 3.8) is 0 Å². The average Bonchev–Trinajstić information content (AvgIpc) is 3.01. The highest BCUT2D eigenvalue weighted by Gasteiger charge is 2.20. The van der Waals surface area contributed by atoms with Crippen LogP contribution in [-0.2, 0) is 20.7 Å². The van der Waals surface area contributed by atoms with E-state index >= 15 is 0 Å². The second-order valence-corrected chi connectivity index (χ2v) is 9.18. The van der Waals surface area contributed by atoms with E-state index in [1.165, 1.54) is 12.7 Å². The Labute approximate surface area is 236 Å². The normalized spacial score (nSPS) is 11.5. The van der Waals surface area contributed by atoms with Crippen LogP contribution >= 0.6 is 0 Å². The van der Waals surface area contributed by atoms with Crippen molar-refractivity contribution in [2.24, 2.45) is 0 Å². The molecular weight excluding hydrogens is 504 g/mol. The first-order chi connectivity index (χ1) is 19.6. The number of esters is 1. The second-order valence-electron chi connectivity index (χ2n) is 9.18. The molecule has 0 aliphatic heterocycles. The fraction of sp³-hybridized carbons (Fsp3) is 0.265. The van der Waals surface area contributed by atoms with Crippen molar-refractivity contribution in [2.75, 3.05) is 34.0 Å². The van der Waals surface area contributed by atoms with Gasteiger partial charge in [-0.1, -0.05) is 60.7 Å². The van der Waals surface area contributed by atoms with Crippen molar-refractivity contribution in [3.8, 4) is 39.5 Å². The molecule has 0 heterocycles. The molecule has 6 nitrogen and oxygen atoms in total. The topological polar surface area (TPSA) is 63.2 Å². The van der Waals surface area contributed by atoms with Gasteiger partial charge >= 0.3 is 5.97 Å². The lowest BCUT2D eigenvalue weighted by Crippen LogP contribution is -2.27. The predicted molar refractivity (Wildman–Crippen MR) is 157 cm³/mol. The summed E-state index contributed by atoms with van der Waals surface area (Å²) in [4.78, 5) is 12.3. The van der Waals surface area contributed by atoms with Gasteiger partial charge in [-0.05, 0) is 65.6 Å². The van der Waals surface area contributed by atoms with Crippen molar-refractivity contribution in [1.82, 2.24) is 0 Å². The third kappa shape index (κ3) is 7.87. The van der Waals surface area contributed by atoms with Crippen LogP contribution in [-0.4, -0.2) is 46.1 Å². The molecule has 0 aromatic heterocycles. The lowest BCUT2D eigenvalue weighted by atomic mass is 9.99. The van der Waals surface area contributed by atoms with E-state index in [-0.39, 0.29) is 5.97 Å². The van der Waals surface area contributed by atoms with Gasteiger partial charge in [0.1, 0.15) is 17.2 Å². The Morgan fingerprint density at radius 3 is 2.05 bits per heavy atom. The van der Waals surface area contributed by atoms with Gasteiger partial charge in [0.15, 0.2) is 6.10 Å². The molecule has 4 aromatic rings. The van der Waals surface area contributed by atoms with Crippen LogP contribution in [0.5, 0.6) is 17.2 Å². The number of hydrogen-bond acceptors (Lipinski definition) is 6. The minimum atomic E-state index is -0.672. The molecule has 0 bridgehead atoms. The van der Waals surface area contributed by atoms with Crippen molar-refractivity contribution < 1.29 is 28.5 Å². The number of carbonyl (C=O) groups excluding carboxylic acids is 1. The Hall–Kier alpha value is -4.29. The van der Waals surface area contributed by atoms with Gasteiger partial charge < -0.3 is 23.7 Å². The second kappa shape index (κ2) is 14.8. The average molecular weight is 541 g/mol. The van der Waals surface area contributed by atoms with Crippen molar-refractivity contribution in [1.29, 1.82) is 0 Å². The molecule has 0 saturated carbocycles. The van der Waals surface area contributed by atoms with Crippen LogP contribution in [0.25, 0.3) is 22.3 Å². The molecule has 4 rings (SSSR count). The molecular formula is C34H36O6. The zero-order valence-electron chi connectivity index (χ0n) is 23.3. The van der Waals surface area contributed by atoms with Crippen LogP contribution in [0, 0.1) is 0 Å². The molecule has 40 heavy (non-hydrogen) atoms. The van der Waals surface area contributed by atoms with E-state index in [1.807, 2.05) is 72.8 Å². The van der Waals surface area contributed by atoms with Gasteiger partial charge in [-0.25, -0.2) is 4.79 Å². The van der Waals surface area contributed by atoms with E-state index in [0.29, 0.717) is 26.2 Å². The molecule has 0 N–H and O–H groups in total. The summed E-state index contributed by atoms with van der Waals surface area (Å²) in [6.07, 6.45) is 0.448. The largest absolute Gasteiger partial charge is 0.497 e. The van der Waals surface area contributed by atoms with Crippen LogP contribution in [0.1, 0.15) is 18.9 Å². The Morgan fingerprint density at radius 1 is 0.725 bits per heavy atom. The Morgan fingerprint density at radius 2 is 1.38 bits per heavy atom. The minimum absolute atomic E-state index is 0.311. The predicted octanol–water partition coefficient (Wildman–Crippen LogP) is 7.00. The van der Waals surface area contributed by atoms with Crippen LogP contribution < -0.4 is 14.2 Å². The van der Waals surface area contributed by atoms with Crippen molar-refractivity contribution in [2.45, 2.75) is 25.9 Å².